The van der Waals surface area contributed by atoms with E-state index in [4.69, 9.17) is 4.98 Å². The van der Waals surface area contributed by atoms with Gasteiger partial charge in [-0.3, -0.25) is 0 Å². The largest absolute Gasteiger partial charge is 0.367 e. The number of fused-ring (bicyclic) bond motifs is 1. The lowest BCUT2D eigenvalue weighted by Gasteiger charge is -2.13. The predicted molar refractivity (Wildman–Crippen MR) is 95.9 cm³/mol. The lowest BCUT2D eigenvalue weighted by atomic mass is 10.1. The van der Waals surface area contributed by atoms with Crippen molar-refractivity contribution in [2.75, 3.05) is 5.32 Å². The van der Waals surface area contributed by atoms with Crippen LogP contribution in [0.15, 0.2) is 60.7 Å². The third-order valence-electron chi connectivity index (χ3n) is 3.43. The Bertz CT molecular complexity index is 789. The van der Waals surface area contributed by atoms with Crippen molar-refractivity contribution >= 4 is 28.9 Å². The topological polar surface area (TPSA) is 24.9 Å². The van der Waals surface area contributed by atoms with E-state index in [-0.39, 0.29) is 0 Å². The maximum atomic E-state index is 4.77. The van der Waals surface area contributed by atoms with Gasteiger partial charge in [-0.05, 0) is 31.5 Å². The van der Waals surface area contributed by atoms with Crippen LogP contribution >= 0.6 is 0 Å². The number of aromatic nitrogens is 1. The fourth-order valence-corrected chi connectivity index (χ4v) is 2.40. The van der Waals surface area contributed by atoms with Gasteiger partial charge in [-0.25, -0.2) is 4.98 Å². The second-order valence-corrected chi connectivity index (χ2v) is 5.66. The first-order valence-corrected chi connectivity index (χ1v) is 7.62. The summed E-state index contributed by atoms with van der Waals surface area (Å²) < 4.78 is 0. The Kier molecular flexibility index (Phi) is 4.19. The molecular formula is C20H20N2. The van der Waals surface area contributed by atoms with Gasteiger partial charge in [0.25, 0.3) is 0 Å². The third-order valence-corrected chi connectivity index (χ3v) is 3.43. The molecule has 1 N–H and O–H groups in total. The number of para-hydroxylation sites is 1. The molecule has 0 aliphatic rings. The van der Waals surface area contributed by atoms with Crippen LogP contribution in [-0.2, 0) is 0 Å². The minimum absolute atomic E-state index is 0.345. The van der Waals surface area contributed by atoms with Gasteiger partial charge in [0.15, 0.2) is 0 Å². The smallest absolute Gasteiger partial charge is 0.134 e. The van der Waals surface area contributed by atoms with Gasteiger partial charge in [0, 0.05) is 17.0 Å². The molecule has 0 saturated heterocycles. The third kappa shape index (κ3) is 3.34. The molecule has 0 fully saturated rings. The fourth-order valence-electron chi connectivity index (χ4n) is 2.40. The summed E-state index contributed by atoms with van der Waals surface area (Å²) in [4.78, 5) is 4.77. The number of nitrogens with one attached hydrogen (secondary N) is 1. The molecule has 22 heavy (non-hydrogen) atoms. The lowest BCUT2D eigenvalue weighted by molar-refractivity contribution is 0.890. The highest BCUT2D eigenvalue weighted by molar-refractivity contribution is 5.87. The summed E-state index contributed by atoms with van der Waals surface area (Å²) in [5.41, 5.74) is 3.31. The molecular weight excluding hydrogens is 268 g/mol. The van der Waals surface area contributed by atoms with E-state index in [0.29, 0.717) is 6.04 Å². The summed E-state index contributed by atoms with van der Waals surface area (Å²) in [5, 5.41) is 4.60. The zero-order valence-electron chi connectivity index (χ0n) is 13.0. The van der Waals surface area contributed by atoms with Crippen LogP contribution in [-0.4, -0.2) is 11.0 Å². The maximum Gasteiger partial charge on any atom is 0.134 e. The van der Waals surface area contributed by atoms with E-state index in [0.717, 1.165) is 22.3 Å². The molecule has 2 nitrogen and oxygen atoms in total. The highest BCUT2D eigenvalue weighted by Gasteiger charge is 2.05. The Balaban J connectivity index is 2.03. The molecule has 0 atom stereocenters. The number of hydrogen-bond donors (Lipinski definition) is 1. The van der Waals surface area contributed by atoms with Crippen molar-refractivity contribution < 1.29 is 0 Å². The summed E-state index contributed by atoms with van der Waals surface area (Å²) in [6, 6.07) is 21.1. The van der Waals surface area contributed by atoms with Crippen molar-refractivity contribution in [3.63, 3.8) is 0 Å². The summed E-state index contributed by atoms with van der Waals surface area (Å²) in [6.07, 6.45) is 4.25. The first-order valence-electron chi connectivity index (χ1n) is 7.62. The van der Waals surface area contributed by atoms with Crippen LogP contribution in [0.3, 0.4) is 0 Å². The van der Waals surface area contributed by atoms with Crippen LogP contribution in [0.4, 0.5) is 5.82 Å². The van der Waals surface area contributed by atoms with E-state index in [1.54, 1.807) is 0 Å². The molecule has 2 aromatic carbocycles. The van der Waals surface area contributed by atoms with E-state index in [9.17, 15) is 0 Å². The molecule has 0 aliphatic heterocycles. The predicted octanol–water partition coefficient (Wildman–Crippen LogP) is 5.23. The number of rotatable bonds is 4. The van der Waals surface area contributed by atoms with Gasteiger partial charge in [-0.15, -0.1) is 0 Å². The van der Waals surface area contributed by atoms with Gasteiger partial charge >= 0.3 is 0 Å². The molecule has 1 aromatic heterocycles. The van der Waals surface area contributed by atoms with Crippen LogP contribution < -0.4 is 5.32 Å². The quantitative estimate of drug-likeness (QED) is 0.711. The van der Waals surface area contributed by atoms with E-state index in [2.05, 4.69) is 55.6 Å². The fraction of sp³-hybridized carbons (Fsp3) is 0.150. The Morgan fingerprint density at radius 2 is 1.64 bits per heavy atom. The van der Waals surface area contributed by atoms with Crippen molar-refractivity contribution in [3.8, 4) is 0 Å². The Morgan fingerprint density at radius 3 is 2.41 bits per heavy atom. The van der Waals surface area contributed by atoms with E-state index >= 15 is 0 Å². The number of anilines is 1. The number of nitrogens with zero attached hydrogens (tertiary/aromatic N) is 1. The lowest BCUT2D eigenvalue weighted by Crippen LogP contribution is -2.12. The number of hydrogen-bond acceptors (Lipinski definition) is 2. The van der Waals surface area contributed by atoms with Crippen molar-refractivity contribution in [1.82, 2.24) is 4.98 Å². The number of benzene rings is 2. The zero-order valence-corrected chi connectivity index (χ0v) is 13.0. The van der Waals surface area contributed by atoms with E-state index < -0.39 is 0 Å². The van der Waals surface area contributed by atoms with Gasteiger partial charge < -0.3 is 5.32 Å². The average Bonchev–Trinajstić information content (AvgIpc) is 2.53. The molecule has 0 aliphatic carbocycles. The van der Waals surface area contributed by atoms with Gasteiger partial charge in [0.05, 0.1) is 5.52 Å². The second kappa shape index (κ2) is 6.44. The first kappa shape index (κ1) is 14.3. The Labute approximate surface area is 131 Å². The molecule has 0 radical (unpaired) electrons. The summed E-state index contributed by atoms with van der Waals surface area (Å²) in [7, 11) is 0. The van der Waals surface area contributed by atoms with Crippen molar-refractivity contribution in [3.05, 3.63) is 71.8 Å². The molecule has 1 heterocycles. The van der Waals surface area contributed by atoms with Gasteiger partial charge in [0.2, 0.25) is 0 Å². The van der Waals surface area contributed by atoms with E-state index in [1.165, 1.54) is 5.56 Å². The van der Waals surface area contributed by atoms with Crippen LogP contribution in [0.25, 0.3) is 23.1 Å². The molecule has 0 spiro atoms. The minimum Gasteiger partial charge on any atom is -0.367 e. The second-order valence-electron chi connectivity index (χ2n) is 5.66. The molecule has 0 amide bonds. The van der Waals surface area contributed by atoms with Crippen LogP contribution in [0.1, 0.15) is 25.0 Å². The molecule has 0 unspecified atom stereocenters. The van der Waals surface area contributed by atoms with Crippen LogP contribution in [0, 0.1) is 0 Å². The highest BCUT2D eigenvalue weighted by Crippen LogP contribution is 2.23. The summed E-state index contributed by atoms with van der Waals surface area (Å²) in [6.45, 7) is 4.25. The molecule has 110 valence electrons. The molecule has 0 bridgehead atoms. The van der Waals surface area contributed by atoms with Crippen molar-refractivity contribution in [1.29, 1.82) is 0 Å². The normalized spacial score (nSPS) is 11.4. The van der Waals surface area contributed by atoms with Crippen LogP contribution in [0.2, 0.25) is 0 Å². The standard InChI is InChI=1S/C20H20N2/c1-15(2)21-20-18(13-12-16-8-4-3-5-9-16)14-17-10-6-7-11-19(17)22-20/h3-15H,1-2H3,(H,21,22)/b13-12-. The SMILES string of the molecule is CC(C)Nc1nc2ccccc2cc1/C=C\c1ccccc1. The van der Waals surface area contributed by atoms with Crippen LogP contribution in [0.5, 0.6) is 0 Å². The maximum absolute atomic E-state index is 4.77. The molecule has 0 saturated carbocycles. The Morgan fingerprint density at radius 1 is 0.909 bits per heavy atom. The molecule has 2 heteroatoms. The minimum atomic E-state index is 0.345. The monoisotopic (exact) mass is 288 g/mol. The van der Waals surface area contributed by atoms with Gasteiger partial charge in [-0.1, -0.05) is 60.7 Å². The average molecular weight is 288 g/mol. The molecule has 3 aromatic rings. The number of pyridine rings is 1. The molecule has 3 rings (SSSR count). The highest BCUT2D eigenvalue weighted by atomic mass is 15.0. The Hall–Kier alpha value is -2.61. The van der Waals surface area contributed by atoms with Gasteiger partial charge in [0.1, 0.15) is 5.82 Å². The summed E-state index contributed by atoms with van der Waals surface area (Å²) in [5.74, 6) is 0.931. The first-order chi connectivity index (χ1) is 10.7. The zero-order chi connectivity index (χ0) is 15.4. The van der Waals surface area contributed by atoms with Crippen molar-refractivity contribution in [2.24, 2.45) is 0 Å². The van der Waals surface area contributed by atoms with E-state index in [1.807, 2.05) is 36.4 Å². The summed E-state index contributed by atoms with van der Waals surface area (Å²) >= 11 is 0. The van der Waals surface area contributed by atoms with Crippen molar-refractivity contribution in [2.45, 2.75) is 19.9 Å². The van der Waals surface area contributed by atoms with Gasteiger partial charge in [-0.2, -0.15) is 0 Å².